The summed E-state index contributed by atoms with van der Waals surface area (Å²) in [6, 6.07) is 5.06. The van der Waals surface area contributed by atoms with E-state index in [1.165, 1.54) is 12.1 Å². The Morgan fingerprint density at radius 1 is 1.18 bits per heavy atom. The minimum absolute atomic E-state index is 0.164. The van der Waals surface area contributed by atoms with Gasteiger partial charge in [0.1, 0.15) is 5.82 Å². The van der Waals surface area contributed by atoms with Crippen LogP contribution in [0.5, 0.6) is 0 Å². The van der Waals surface area contributed by atoms with Crippen LogP contribution in [0.25, 0.3) is 0 Å². The van der Waals surface area contributed by atoms with Crippen LogP contribution in [0.3, 0.4) is 0 Å². The maximum atomic E-state index is 13.3. The van der Waals surface area contributed by atoms with Gasteiger partial charge in [-0.25, -0.2) is 4.39 Å². The molecule has 0 aliphatic rings. The maximum Gasteiger partial charge on any atom is 0.123 e. The molecule has 0 aliphatic carbocycles. The molecule has 3 heteroatoms. The second-order valence-electron chi connectivity index (χ2n) is 5.09. The van der Waals surface area contributed by atoms with E-state index in [4.69, 9.17) is 5.73 Å². The normalized spacial score (nSPS) is 14.8. The fraction of sp³-hybridized carbons (Fsp3) is 0.571. The molecule has 0 fully saturated rings. The van der Waals surface area contributed by atoms with Gasteiger partial charge in [0.2, 0.25) is 0 Å². The zero-order valence-corrected chi connectivity index (χ0v) is 11.4. The van der Waals surface area contributed by atoms with E-state index in [1.54, 1.807) is 0 Å². The van der Waals surface area contributed by atoms with Crippen LogP contribution in [-0.4, -0.2) is 13.1 Å². The molecule has 0 radical (unpaired) electrons. The molecule has 1 rings (SSSR count). The molecule has 2 N–H and O–H groups in total. The predicted molar refractivity (Wildman–Crippen MR) is 71.7 cm³/mol. The van der Waals surface area contributed by atoms with Crippen LogP contribution < -0.4 is 10.6 Å². The first-order valence-electron chi connectivity index (χ1n) is 6.12. The Labute approximate surface area is 104 Å². The Balaban J connectivity index is 3.12. The number of nitrogens with two attached hydrogens (primary N) is 1. The second-order valence-corrected chi connectivity index (χ2v) is 5.09. The van der Waals surface area contributed by atoms with E-state index < -0.39 is 0 Å². The van der Waals surface area contributed by atoms with Gasteiger partial charge in [0.25, 0.3) is 0 Å². The number of hydrogen-bond donors (Lipinski definition) is 1. The average molecular weight is 238 g/mol. The standard InChI is InChI=1S/C14H23FN2/c1-9(2)11(4)17(5)14-7-6-12(15)8-13(14)10(3)16/h6-11H,16H2,1-5H3/t10-,11?/m1/s1. The Morgan fingerprint density at radius 3 is 2.24 bits per heavy atom. The quantitative estimate of drug-likeness (QED) is 0.871. The average Bonchev–Trinajstić information content (AvgIpc) is 2.26. The van der Waals surface area contributed by atoms with Crippen LogP contribution >= 0.6 is 0 Å². The summed E-state index contributed by atoms with van der Waals surface area (Å²) in [5.74, 6) is 0.303. The van der Waals surface area contributed by atoms with Crippen molar-refractivity contribution in [2.45, 2.75) is 39.8 Å². The van der Waals surface area contributed by atoms with Crippen molar-refractivity contribution in [2.24, 2.45) is 11.7 Å². The molecule has 0 aromatic heterocycles. The second kappa shape index (κ2) is 5.50. The lowest BCUT2D eigenvalue weighted by Gasteiger charge is -2.32. The number of halogens is 1. The zero-order valence-electron chi connectivity index (χ0n) is 11.4. The van der Waals surface area contributed by atoms with Crippen molar-refractivity contribution in [2.75, 3.05) is 11.9 Å². The highest BCUT2D eigenvalue weighted by atomic mass is 19.1. The summed E-state index contributed by atoms with van der Waals surface area (Å²) < 4.78 is 13.3. The molecular weight excluding hydrogens is 215 g/mol. The fourth-order valence-corrected chi connectivity index (χ4v) is 1.88. The maximum absolute atomic E-state index is 13.3. The summed E-state index contributed by atoms with van der Waals surface area (Å²) in [5, 5.41) is 0. The van der Waals surface area contributed by atoms with Gasteiger partial charge in [-0.15, -0.1) is 0 Å². The molecule has 1 aromatic rings. The van der Waals surface area contributed by atoms with Gasteiger partial charge in [-0.2, -0.15) is 0 Å². The van der Waals surface area contributed by atoms with Crippen molar-refractivity contribution in [3.63, 3.8) is 0 Å². The molecule has 1 unspecified atom stereocenters. The number of hydrogen-bond acceptors (Lipinski definition) is 2. The fourth-order valence-electron chi connectivity index (χ4n) is 1.88. The molecule has 2 atom stereocenters. The molecule has 0 saturated heterocycles. The van der Waals surface area contributed by atoms with Crippen LogP contribution in [0.15, 0.2) is 18.2 Å². The van der Waals surface area contributed by atoms with Crippen LogP contribution in [-0.2, 0) is 0 Å². The third kappa shape index (κ3) is 3.19. The Bertz CT molecular complexity index is 374. The van der Waals surface area contributed by atoms with E-state index in [1.807, 2.05) is 20.0 Å². The molecule has 96 valence electrons. The van der Waals surface area contributed by atoms with Crippen LogP contribution in [0.2, 0.25) is 0 Å². The Kier molecular flexibility index (Phi) is 4.52. The summed E-state index contributed by atoms with van der Waals surface area (Å²) >= 11 is 0. The number of nitrogens with zero attached hydrogens (tertiary/aromatic N) is 1. The number of rotatable bonds is 4. The first-order valence-corrected chi connectivity index (χ1v) is 6.12. The third-order valence-electron chi connectivity index (χ3n) is 3.44. The van der Waals surface area contributed by atoms with Crippen molar-refractivity contribution >= 4 is 5.69 Å². The SMILES string of the molecule is CC(C)C(C)N(C)c1ccc(F)cc1[C@@H](C)N. The molecule has 17 heavy (non-hydrogen) atoms. The van der Waals surface area contributed by atoms with Gasteiger partial charge < -0.3 is 10.6 Å². The third-order valence-corrected chi connectivity index (χ3v) is 3.44. The first-order chi connectivity index (χ1) is 7.84. The van der Waals surface area contributed by atoms with Gasteiger partial charge in [0.15, 0.2) is 0 Å². The van der Waals surface area contributed by atoms with Crippen molar-refractivity contribution in [1.82, 2.24) is 0 Å². The van der Waals surface area contributed by atoms with Crippen molar-refractivity contribution in [3.05, 3.63) is 29.6 Å². The van der Waals surface area contributed by atoms with Gasteiger partial charge in [-0.05, 0) is 43.5 Å². The lowest BCUT2D eigenvalue weighted by molar-refractivity contribution is 0.503. The molecule has 2 nitrogen and oxygen atoms in total. The van der Waals surface area contributed by atoms with Gasteiger partial charge >= 0.3 is 0 Å². The van der Waals surface area contributed by atoms with Gasteiger partial charge in [0.05, 0.1) is 0 Å². The van der Waals surface area contributed by atoms with Crippen molar-refractivity contribution < 1.29 is 4.39 Å². The van der Waals surface area contributed by atoms with E-state index in [0.29, 0.717) is 12.0 Å². The van der Waals surface area contributed by atoms with E-state index in [-0.39, 0.29) is 11.9 Å². The molecule has 0 saturated carbocycles. The zero-order chi connectivity index (χ0) is 13.2. The van der Waals surface area contributed by atoms with Crippen molar-refractivity contribution in [3.8, 4) is 0 Å². The summed E-state index contributed by atoms with van der Waals surface area (Å²) in [4.78, 5) is 2.17. The van der Waals surface area contributed by atoms with E-state index in [2.05, 4.69) is 25.7 Å². The topological polar surface area (TPSA) is 29.3 Å². The molecule has 0 amide bonds. The largest absolute Gasteiger partial charge is 0.371 e. The summed E-state index contributed by atoms with van der Waals surface area (Å²) in [6.07, 6.45) is 0. The highest BCUT2D eigenvalue weighted by Crippen LogP contribution is 2.28. The first kappa shape index (κ1) is 14.0. The monoisotopic (exact) mass is 238 g/mol. The highest BCUT2D eigenvalue weighted by Gasteiger charge is 2.18. The summed E-state index contributed by atoms with van der Waals surface area (Å²) in [5.41, 5.74) is 7.78. The summed E-state index contributed by atoms with van der Waals surface area (Å²) in [7, 11) is 2.03. The van der Waals surface area contributed by atoms with Gasteiger partial charge in [-0.3, -0.25) is 0 Å². The molecular formula is C14H23FN2. The van der Waals surface area contributed by atoms with Gasteiger partial charge in [-0.1, -0.05) is 13.8 Å². The van der Waals surface area contributed by atoms with Gasteiger partial charge in [0, 0.05) is 24.8 Å². The smallest absolute Gasteiger partial charge is 0.123 e. The van der Waals surface area contributed by atoms with Crippen LogP contribution in [0.4, 0.5) is 10.1 Å². The molecule has 0 aliphatic heterocycles. The predicted octanol–water partition coefficient (Wildman–Crippen LogP) is 3.33. The molecule has 0 bridgehead atoms. The molecule has 0 spiro atoms. The highest BCUT2D eigenvalue weighted by molar-refractivity contribution is 5.55. The number of anilines is 1. The minimum Gasteiger partial charge on any atom is -0.371 e. The van der Waals surface area contributed by atoms with E-state index in [0.717, 1.165) is 11.3 Å². The lowest BCUT2D eigenvalue weighted by Crippen LogP contribution is -2.34. The lowest BCUT2D eigenvalue weighted by atomic mass is 10.0. The van der Waals surface area contributed by atoms with Crippen LogP contribution in [0, 0.1) is 11.7 Å². The van der Waals surface area contributed by atoms with E-state index >= 15 is 0 Å². The summed E-state index contributed by atoms with van der Waals surface area (Å²) in [6.45, 7) is 8.40. The Morgan fingerprint density at radius 2 is 1.76 bits per heavy atom. The van der Waals surface area contributed by atoms with Crippen LogP contribution in [0.1, 0.15) is 39.3 Å². The molecule has 0 heterocycles. The molecule has 1 aromatic carbocycles. The minimum atomic E-state index is -0.230. The van der Waals surface area contributed by atoms with E-state index in [9.17, 15) is 4.39 Å². The van der Waals surface area contributed by atoms with Crippen molar-refractivity contribution in [1.29, 1.82) is 0 Å². The Hall–Kier alpha value is -1.09. The number of benzene rings is 1.